The fraction of sp³-hybridized carbons (Fsp3) is 0.238. The number of rotatable bonds is 7. The molecule has 7 nitrogen and oxygen atoms in total. The topological polar surface area (TPSA) is 97.4 Å². The van der Waals surface area contributed by atoms with Crippen molar-refractivity contribution in [2.75, 3.05) is 13.2 Å². The Morgan fingerprint density at radius 2 is 1.97 bits per heavy atom. The van der Waals surface area contributed by atoms with Gasteiger partial charge in [-0.1, -0.05) is 37.6 Å². The van der Waals surface area contributed by atoms with Gasteiger partial charge in [0.25, 0.3) is 5.91 Å². The third kappa shape index (κ3) is 5.39. The number of hydrogen-bond acceptors (Lipinski definition) is 6. The van der Waals surface area contributed by atoms with Crippen molar-refractivity contribution < 1.29 is 19.1 Å². The van der Waals surface area contributed by atoms with Crippen LogP contribution in [0.5, 0.6) is 0 Å². The van der Waals surface area contributed by atoms with E-state index in [1.54, 1.807) is 18.2 Å². The Labute approximate surface area is 172 Å². The van der Waals surface area contributed by atoms with Crippen molar-refractivity contribution in [3.8, 4) is 10.6 Å². The molecule has 0 aliphatic heterocycles. The first-order chi connectivity index (χ1) is 14.1. The van der Waals surface area contributed by atoms with Crippen LogP contribution in [0, 0.1) is 0 Å². The summed E-state index contributed by atoms with van der Waals surface area (Å²) in [5.74, 6) is -1.34. The Bertz CT molecular complexity index is 1020. The Morgan fingerprint density at radius 3 is 2.72 bits per heavy atom. The Balaban J connectivity index is 1.70. The number of fused-ring (bicyclic) bond motifs is 1. The molecule has 0 bridgehead atoms. The van der Waals surface area contributed by atoms with Gasteiger partial charge in [-0.15, -0.1) is 11.3 Å². The van der Waals surface area contributed by atoms with Crippen molar-refractivity contribution in [2.24, 2.45) is 0 Å². The van der Waals surface area contributed by atoms with Gasteiger partial charge in [0, 0.05) is 11.9 Å². The zero-order chi connectivity index (χ0) is 20.6. The zero-order valence-corrected chi connectivity index (χ0v) is 16.8. The Hall–Kier alpha value is -3.26. The first kappa shape index (κ1) is 20.5. The lowest BCUT2D eigenvalue weighted by Gasteiger charge is -2.10. The molecule has 0 fully saturated rings. The number of para-hydroxylation sites is 1. The molecule has 0 radical (unpaired) electrons. The summed E-state index contributed by atoms with van der Waals surface area (Å²) in [6, 6.07) is 12.1. The molecule has 2 N–H and O–H groups in total. The third-order valence-electron chi connectivity index (χ3n) is 4.11. The van der Waals surface area contributed by atoms with Crippen LogP contribution in [0.15, 0.2) is 47.8 Å². The van der Waals surface area contributed by atoms with E-state index < -0.39 is 24.5 Å². The summed E-state index contributed by atoms with van der Waals surface area (Å²) in [5, 5.41) is 7.27. The van der Waals surface area contributed by atoms with Crippen LogP contribution in [0.25, 0.3) is 21.5 Å². The molecule has 1 aromatic carbocycles. The molecule has 0 unspecified atom stereocenters. The van der Waals surface area contributed by atoms with Crippen LogP contribution >= 0.6 is 11.3 Å². The minimum absolute atomic E-state index is 0.319. The van der Waals surface area contributed by atoms with E-state index in [4.69, 9.17) is 4.74 Å². The predicted octanol–water partition coefficient (Wildman–Crippen LogP) is 3.75. The molecule has 3 rings (SSSR count). The molecular formula is C21H21N3O4S. The van der Waals surface area contributed by atoms with Crippen molar-refractivity contribution in [3.05, 3.63) is 53.4 Å². The number of benzene rings is 1. The van der Waals surface area contributed by atoms with Gasteiger partial charge < -0.3 is 10.1 Å². The number of nitrogens with zero attached hydrogens (tertiary/aromatic N) is 1. The van der Waals surface area contributed by atoms with E-state index in [2.05, 4.69) is 15.6 Å². The van der Waals surface area contributed by atoms with Gasteiger partial charge in [-0.3, -0.25) is 10.1 Å². The standard InChI is InChI=1S/C21H21N3O4S/c1-2-3-10-22-21(27)24-19(25)13-28-20(26)15-12-17(18-9-6-11-29-18)23-16-8-5-4-7-14(15)16/h4-9,11-12H,2-3,10,13H2,1H3,(H2,22,24,25,27). The number of hydrogen-bond donors (Lipinski definition) is 2. The summed E-state index contributed by atoms with van der Waals surface area (Å²) in [5.41, 5.74) is 1.63. The number of amides is 3. The van der Waals surface area contributed by atoms with Crippen molar-refractivity contribution in [2.45, 2.75) is 19.8 Å². The van der Waals surface area contributed by atoms with Gasteiger partial charge in [-0.25, -0.2) is 14.6 Å². The number of pyridine rings is 1. The molecule has 3 amide bonds. The molecule has 0 aliphatic carbocycles. The Kier molecular flexibility index (Phi) is 6.91. The summed E-state index contributed by atoms with van der Waals surface area (Å²) in [6.07, 6.45) is 1.75. The van der Waals surface area contributed by atoms with Gasteiger partial charge >= 0.3 is 12.0 Å². The molecule has 2 aromatic heterocycles. The molecule has 0 saturated heterocycles. The second-order valence-electron chi connectivity index (χ2n) is 6.28. The van der Waals surface area contributed by atoms with E-state index in [0.717, 1.165) is 17.7 Å². The molecule has 0 spiro atoms. The number of aromatic nitrogens is 1. The van der Waals surface area contributed by atoms with E-state index in [0.29, 0.717) is 28.7 Å². The quantitative estimate of drug-likeness (QED) is 0.456. The minimum Gasteiger partial charge on any atom is -0.452 e. The number of unbranched alkanes of at least 4 members (excludes halogenated alkanes) is 1. The maximum atomic E-state index is 12.7. The summed E-state index contributed by atoms with van der Waals surface area (Å²) < 4.78 is 5.14. The number of carbonyl (C=O) groups is 3. The first-order valence-electron chi connectivity index (χ1n) is 9.27. The first-order valence-corrected chi connectivity index (χ1v) is 10.1. The van der Waals surface area contributed by atoms with Crippen LogP contribution in [0.4, 0.5) is 4.79 Å². The van der Waals surface area contributed by atoms with Crippen LogP contribution in [-0.4, -0.2) is 36.0 Å². The molecule has 150 valence electrons. The van der Waals surface area contributed by atoms with Gasteiger partial charge in [0.1, 0.15) is 0 Å². The minimum atomic E-state index is -0.691. The highest BCUT2D eigenvalue weighted by Gasteiger charge is 2.17. The van der Waals surface area contributed by atoms with E-state index in [-0.39, 0.29) is 0 Å². The lowest BCUT2D eigenvalue weighted by molar-refractivity contribution is -0.123. The normalized spacial score (nSPS) is 10.5. The smallest absolute Gasteiger partial charge is 0.339 e. The average molecular weight is 411 g/mol. The largest absolute Gasteiger partial charge is 0.452 e. The van der Waals surface area contributed by atoms with Crippen molar-refractivity contribution in [3.63, 3.8) is 0 Å². The van der Waals surface area contributed by atoms with Crippen LogP contribution in [-0.2, 0) is 9.53 Å². The second kappa shape index (κ2) is 9.79. The summed E-state index contributed by atoms with van der Waals surface area (Å²) in [6.45, 7) is 1.92. The molecule has 8 heteroatoms. The van der Waals surface area contributed by atoms with E-state index in [1.165, 1.54) is 11.3 Å². The van der Waals surface area contributed by atoms with E-state index in [1.807, 2.05) is 36.6 Å². The highest BCUT2D eigenvalue weighted by Crippen LogP contribution is 2.28. The lowest BCUT2D eigenvalue weighted by Crippen LogP contribution is -2.41. The van der Waals surface area contributed by atoms with Crippen molar-refractivity contribution in [1.82, 2.24) is 15.6 Å². The fourth-order valence-corrected chi connectivity index (χ4v) is 3.38. The summed E-state index contributed by atoms with van der Waals surface area (Å²) >= 11 is 1.51. The molecule has 2 heterocycles. The number of imide groups is 1. The molecule has 3 aromatic rings. The maximum absolute atomic E-state index is 12.7. The van der Waals surface area contributed by atoms with E-state index >= 15 is 0 Å². The molecule has 29 heavy (non-hydrogen) atoms. The van der Waals surface area contributed by atoms with Gasteiger partial charge in [0.05, 0.1) is 21.7 Å². The van der Waals surface area contributed by atoms with Gasteiger partial charge in [-0.2, -0.15) is 0 Å². The second-order valence-corrected chi connectivity index (χ2v) is 7.23. The number of ether oxygens (including phenoxy) is 1. The van der Waals surface area contributed by atoms with Crippen molar-refractivity contribution in [1.29, 1.82) is 0 Å². The highest BCUT2D eigenvalue weighted by atomic mass is 32.1. The number of carbonyl (C=O) groups excluding carboxylic acids is 3. The summed E-state index contributed by atoms with van der Waals surface area (Å²) in [7, 11) is 0. The monoisotopic (exact) mass is 411 g/mol. The lowest BCUT2D eigenvalue weighted by atomic mass is 10.1. The number of thiophene rings is 1. The predicted molar refractivity (Wildman–Crippen MR) is 112 cm³/mol. The maximum Gasteiger partial charge on any atom is 0.339 e. The van der Waals surface area contributed by atoms with Gasteiger partial charge in [-0.05, 0) is 30.0 Å². The van der Waals surface area contributed by atoms with Crippen LogP contribution < -0.4 is 10.6 Å². The van der Waals surface area contributed by atoms with Crippen LogP contribution in [0.2, 0.25) is 0 Å². The number of urea groups is 1. The summed E-state index contributed by atoms with van der Waals surface area (Å²) in [4.78, 5) is 41.7. The molecule has 0 aliphatic rings. The zero-order valence-electron chi connectivity index (χ0n) is 15.9. The fourth-order valence-electron chi connectivity index (χ4n) is 2.69. The van der Waals surface area contributed by atoms with E-state index in [9.17, 15) is 14.4 Å². The Morgan fingerprint density at radius 1 is 1.14 bits per heavy atom. The number of esters is 1. The highest BCUT2D eigenvalue weighted by molar-refractivity contribution is 7.13. The molecular weight excluding hydrogens is 390 g/mol. The average Bonchev–Trinajstić information content (AvgIpc) is 3.26. The SMILES string of the molecule is CCCCNC(=O)NC(=O)COC(=O)c1cc(-c2cccs2)nc2ccccc12. The molecule has 0 saturated carbocycles. The third-order valence-corrected chi connectivity index (χ3v) is 5.01. The van der Waals surface area contributed by atoms with Crippen LogP contribution in [0.3, 0.4) is 0 Å². The van der Waals surface area contributed by atoms with Crippen molar-refractivity contribution >= 4 is 40.1 Å². The van der Waals surface area contributed by atoms with Crippen LogP contribution in [0.1, 0.15) is 30.1 Å². The molecule has 0 atom stereocenters. The van der Waals surface area contributed by atoms with Gasteiger partial charge in [0.15, 0.2) is 6.61 Å². The van der Waals surface area contributed by atoms with Gasteiger partial charge in [0.2, 0.25) is 0 Å². The number of nitrogens with one attached hydrogen (secondary N) is 2.